The van der Waals surface area contributed by atoms with Gasteiger partial charge in [0.05, 0.1) is 6.04 Å². The van der Waals surface area contributed by atoms with Crippen LogP contribution in [0.4, 0.5) is 0 Å². The van der Waals surface area contributed by atoms with Crippen molar-refractivity contribution in [3.8, 4) is 11.5 Å². The molecule has 1 N–H and O–H groups in total. The predicted octanol–water partition coefficient (Wildman–Crippen LogP) is 2.57. The molecule has 6 heteroatoms. The Bertz CT molecular complexity index is 598. The number of likely N-dealkylation sites (N-methyl/N-ethyl adjacent to an activating group) is 1. The van der Waals surface area contributed by atoms with Crippen molar-refractivity contribution in [3.63, 3.8) is 0 Å². The normalized spacial score (nSPS) is 19.5. The highest BCUT2D eigenvalue weighted by molar-refractivity contribution is 7.98. The fraction of sp³-hybridized carbons (Fsp3) is 0.500. The van der Waals surface area contributed by atoms with Gasteiger partial charge in [-0.15, -0.1) is 0 Å². The van der Waals surface area contributed by atoms with E-state index in [0.29, 0.717) is 5.89 Å². The molecule has 0 bridgehead atoms. The topological polar surface area (TPSA) is 54.2 Å². The van der Waals surface area contributed by atoms with E-state index in [9.17, 15) is 0 Å². The van der Waals surface area contributed by atoms with Crippen molar-refractivity contribution in [2.75, 3.05) is 32.4 Å². The molecule has 1 saturated heterocycles. The highest BCUT2D eigenvalue weighted by Crippen LogP contribution is 2.23. The zero-order valence-corrected chi connectivity index (χ0v) is 13.9. The maximum absolute atomic E-state index is 5.45. The number of aromatic nitrogens is 2. The monoisotopic (exact) mass is 318 g/mol. The van der Waals surface area contributed by atoms with Gasteiger partial charge in [0, 0.05) is 31.0 Å². The molecule has 1 aliphatic heterocycles. The molecular formula is C16H22N4OS. The highest BCUT2D eigenvalue weighted by atomic mass is 32.2. The molecule has 1 fully saturated rings. The van der Waals surface area contributed by atoms with Crippen LogP contribution in [0.1, 0.15) is 24.4 Å². The first-order valence-electron chi connectivity index (χ1n) is 7.69. The summed E-state index contributed by atoms with van der Waals surface area (Å²) in [7, 11) is 2.10. The van der Waals surface area contributed by atoms with Gasteiger partial charge in [0.25, 0.3) is 5.89 Å². The summed E-state index contributed by atoms with van der Waals surface area (Å²) in [6.07, 6.45) is 0. The van der Waals surface area contributed by atoms with Crippen LogP contribution in [0, 0.1) is 0 Å². The fourth-order valence-corrected chi connectivity index (χ4v) is 3.18. The Hall–Kier alpha value is -1.37. The first-order valence-corrected chi connectivity index (χ1v) is 8.85. The van der Waals surface area contributed by atoms with E-state index in [4.69, 9.17) is 4.52 Å². The minimum absolute atomic E-state index is 0.187. The third kappa shape index (κ3) is 3.51. The van der Waals surface area contributed by atoms with Crippen LogP contribution < -0.4 is 5.32 Å². The van der Waals surface area contributed by atoms with E-state index in [1.54, 1.807) is 0 Å². The Morgan fingerprint density at radius 3 is 2.91 bits per heavy atom. The molecule has 0 saturated carbocycles. The summed E-state index contributed by atoms with van der Waals surface area (Å²) in [5, 5.41) is 7.54. The lowest BCUT2D eigenvalue weighted by molar-refractivity contribution is 0.190. The van der Waals surface area contributed by atoms with Crippen molar-refractivity contribution in [2.24, 2.45) is 0 Å². The van der Waals surface area contributed by atoms with Crippen LogP contribution in [0.5, 0.6) is 0 Å². The summed E-state index contributed by atoms with van der Waals surface area (Å²) in [6.45, 7) is 5.05. The number of nitrogens with zero attached hydrogens (tertiary/aromatic N) is 3. The van der Waals surface area contributed by atoms with Gasteiger partial charge < -0.3 is 9.84 Å². The average Bonchev–Trinajstić information content (AvgIpc) is 3.03. The number of piperazine rings is 1. The second-order valence-corrected chi connectivity index (χ2v) is 6.77. The third-order valence-corrected chi connectivity index (χ3v) is 4.87. The van der Waals surface area contributed by atoms with Gasteiger partial charge in [0.1, 0.15) is 0 Å². The number of benzene rings is 1. The predicted molar refractivity (Wildman–Crippen MR) is 89.8 cm³/mol. The molecule has 1 unspecified atom stereocenters. The maximum atomic E-state index is 5.45. The summed E-state index contributed by atoms with van der Waals surface area (Å²) < 4.78 is 5.45. The van der Waals surface area contributed by atoms with Gasteiger partial charge >= 0.3 is 0 Å². The smallest absolute Gasteiger partial charge is 0.257 e. The molecule has 3 rings (SSSR count). The van der Waals surface area contributed by atoms with Crippen molar-refractivity contribution in [1.82, 2.24) is 20.4 Å². The average molecular weight is 318 g/mol. The standard InChI is InChI=1S/C16H22N4OS/c1-3-22-11-12-4-6-13(7-5-12)16-18-15(19-21-16)14-10-17-8-9-20(14)2/h4-7,14,17H,3,8-11H2,1-2H3. The summed E-state index contributed by atoms with van der Waals surface area (Å²) in [5.74, 6) is 3.54. The fourth-order valence-electron chi connectivity index (χ4n) is 2.55. The first kappa shape index (κ1) is 15.5. The van der Waals surface area contributed by atoms with Gasteiger partial charge in [-0.1, -0.05) is 24.2 Å². The van der Waals surface area contributed by atoms with Crippen molar-refractivity contribution in [1.29, 1.82) is 0 Å². The van der Waals surface area contributed by atoms with Gasteiger partial charge in [0.2, 0.25) is 0 Å². The molecule has 5 nitrogen and oxygen atoms in total. The minimum atomic E-state index is 0.187. The quantitative estimate of drug-likeness (QED) is 0.914. The number of hydrogen-bond donors (Lipinski definition) is 1. The number of nitrogens with one attached hydrogen (secondary N) is 1. The van der Waals surface area contributed by atoms with Gasteiger partial charge in [-0.3, -0.25) is 4.90 Å². The molecule has 0 aliphatic carbocycles. The van der Waals surface area contributed by atoms with Crippen molar-refractivity contribution >= 4 is 11.8 Å². The number of thioether (sulfide) groups is 1. The molecule has 0 spiro atoms. The van der Waals surface area contributed by atoms with Crippen molar-refractivity contribution < 1.29 is 4.52 Å². The van der Waals surface area contributed by atoms with Gasteiger partial charge in [-0.25, -0.2) is 0 Å². The summed E-state index contributed by atoms with van der Waals surface area (Å²) >= 11 is 1.92. The molecule has 2 heterocycles. The van der Waals surface area contributed by atoms with Crippen LogP contribution >= 0.6 is 11.8 Å². The molecule has 1 aromatic carbocycles. The van der Waals surface area contributed by atoms with Crippen LogP contribution in [-0.4, -0.2) is 47.5 Å². The minimum Gasteiger partial charge on any atom is -0.334 e. The van der Waals surface area contributed by atoms with Gasteiger partial charge in [0.15, 0.2) is 5.82 Å². The van der Waals surface area contributed by atoms with Crippen LogP contribution in [0.2, 0.25) is 0 Å². The molecule has 0 amide bonds. The molecule has 1 aliphatic rings. The molecular weight excluding hydrogens is 296 g/mol. The van der Waals surface area contributed by atoms with E-state index >= 15 is 0 Å². The summed E-state index contributed by atoms with van der Waals surface area (Å²) in [4.78, 5) is 6.84. The van der Waals surface area contributed by atoms with Gasteiger partial charge in [-0.05, 0) is 30.5 Å². The zero-order chi connectivity index (χ0) is 15.4. The zero-order valence-electron chi connectivity index (χ0n) is 13.1. The van der Waals surface area contributed by atoms with E-state index < -0.39 is 0 Å². The largest absolute Gasteiger partial charge is 0.334 e. The van der Waals surface area contributed by atoms with Crippen LogP contribution in [0.3, 0.4) is 0 Å². The molecule has 118 valence electrons. The number of rotatable bonds is 5. The van der Waals surface area contributed by atoms with Crippen LogP contribution in [0.25, 0.3) is 11.5 Å². The SMILES string of the molecule is CCSCc1ccc(-c2nc(C3CNCCN3C)no2)cc1. The lowest BCUT2D eigenvalue weighted by atomic mass is 10.1. The molecule has 0 radical (unpaired) electrons. The Labute approximate surface area is 135 Å². The maximum Gasteiger partial charge on any atom is 0.257 e. The van der Waals surface area contributed by atoms with Crippen LogP contribution in [-0.2, 0) is 5.75 Å². The Kier molecular flexibility index (Phi) is 5.12. The van der Waals surface area contributed by atoms with E-state index in [1.807, 2.05) is 11.8 Å². The Morgan fingerprint density at radius 1 is 1.36 bits per heavy atom. The Balaban J connectivity index is 1.72. The molecule has 1 aromatic heterocycles. The van der Waals surface area contributed by atoms with Gasteiger partial charge in [-0.2, -0.15) is 16.7 Å². The van der Waals surface area contributed by atoms with Crippen LogP contribution in [0.15, 0.2) is 28.8 Å². The molecule has 1 atom stereocenters. The summed E-state index contributed by atoms with van der Waals surface area (Å²) in [5.41, 5.74) is 2.31. The third-order valence-electron chi connectivity index (χ3n) is 3.92. The highest BCUT2D eigenvalue weighted by Gasteiger charge is 2.25. The van der Waals surface area contributed by atoms with E-state index in [2.05, 4.69) is 58.6 Å². The number of hydrogen-bond acceptors (Lipinski definition) is 6. The molecule has 2 aromatic rings. The molecule has 22 heavy (non-hydrogen) atoms. The summed E-state index contributed by atoms with van der Waals surface area (Å²) in [6, 6.07) is 8.58. The van der Waals surface area contributed by atoms with E-state index in [-0.39, 0.29) is 6.04 Å². The lowest BCUT2D eigenvalue weighted by Crippen LogP contribution is -2.44. The lowest BCUT2D eigenvalue weighted by Gasteiger charge is -2.30. The second kappa shape index (κ2) is 7.26. The van der Waals surface area contributed by atoms with Crippen molar-refractivity contribution in [3.05, 3.63) is 35.7 Å². The van der Waals surface area contributed by atoms with E-state index in [1.165, 1.54) is 5.56 Å². The first-order chi connectivity index (χ1) is 10.8. The Morgan fingerprint density at radius 2 is 2.18 bits per heavy atom. The van der Waals surface area contributed by atoms with E-state index in [0.717, 1.165) is 42.5 Å². The second-order valence-electron chi connectivity index (χ2n) is 5.49. The van der Waals surface area contributed by atoms with Crippen molar-refractivity contribution in [2.45, 2.75) is 18.7 Å².